The summed E-state index contributed by atoms with van der Waals surface area (Å²) in [4.78, 5) is 0. The lowest BCUT2D eigenvalue weighted by Crippen LogP contribution is -2.46. The molecule has 0 aliphatic heterocycles. The summed E-state index contributed by atoms with van der Waals surface area (Å²) in [6, 6.07) is -0.324. The zero-order valence-electron chi connectivity index (χ0n) is 4.89. The van der Waals surface area contributed by atoms with Gasteiger partial charge in [-0.15, -0.1) is 0 Å². The Balaban J connectivity index is 3.65. The van der Waals surface area contributed by atoms with E-state index < -0.39 is 6.17 Å². The molecule has 0 saturated carbocycles. The normalized spacial score (nSPS) is 14.1. The summed E-state index contributed by atoms with van der Waals surface area (Å²) in [6.45, 7) is 1.68. The third-order valence-electron chi connectivity index (χ3n) is 0.850. The molecule has 0 fully saturated rings. The van der Waals surface area contributed by atoms with E-state index in [-0.39, 0.29) is 11.8 Å². The van der Waals surface area contributed by atoms with Crippen LogP contribution >= 0.6 is 0 Å². The molecule has 0 aromatic carbocycles. The first-order valence-electron chi connectivity index (χ1n) is 2.40. The van der Waals surface area contributed by atoms with Gasteiger partial charge in [0.25, 0.3) is 0 Å². The first-order valence-corrected chi connectivity index (χ1v) is 2.40. The fourth-order valence-electron chi connectivity index (χ4n) is 0.304. The molecule has 0 rings (SSSR count). The van der Waals surface area contributed by atoms with Crippen LogP contribution in [0, 0.1) is 5.41 Å². The van der Waals surface area contributed by atoms with Crippen LogP contribution in [0.15, 0.2) is 0 Å². The van der Waals surface area contributed by atoms with Crippen LogP contribution in [-0.2, 0) is 0 Å². The summed E-state index contributed by atoms with van der Waals surface area (Å²) < 4.78 is 0. The second-order valence-corrected chi connectivity index (χ2v) is 1.77. The maximum Gasteiger partial charge on any atom is 0.0928 e. The molecule has 0 saturated heterocycles. The topological polar surface area (TPSA) is 102 Å². The van der Waals surface area contributed by atoms with Crippen LogP contribution in [0.2, 0.25) is 0 Å². The highest BCUT2D eigenvalue weighted by molar-refractivity contribution is 5.90. The molecule has 0 radical (unpaired) electrons. The summed E-state index contributed by atoms with van der Waals surface area (Å²) in [5.74, 6) is 0. The average molecular weight is 116 g/mol. The minimum absolute atomic E-state index is 0.185. The molecular weight excluding hydrogens is 104 g/mol. The van der Waals surface area contributed by atoms with E-state index in [2.05, 4.69) is 0 Å². The number of nitrogens with two attached hydrogens (primary N) is 3. The molecule has 0 aromatic rings. The van der Waals surface area contributed by atoms with Gasteiger partial charge in [-0.1, -0.05) is 0 Å². The van der Waals surface area contributed by atoms with E-state index in [1.54, 1.807) is 6.92 Å². The van der Waals surface area contributed by atoms with Gasteiger partial charge in [0, 0.05) is 6.04 Å². The molecule has 0 aromatic heterocycles. The van der Waals surface area contributed by atoms with Crippen molar-refractivity contribution < 1.29 is 0 Å². The molecule has 7 N–H and O–H groups in total. The van der Waals surface area contributed by atoms with Crippen LogP contribution in [0.1, 0.15) is 6.92 Å². The lowest BCUT2D eigenvalue weighted by Gasteiger charge is -2.09. The minimum atomic E-state index is -0.699. The summed E-state index contributed by atoms with van der Waals surface area (Å²) in [5, 5.41) is 7.02. The molecule has 0 aliphatic carbocycles. The summed E-state index contributed by atoms with van der Waals surface area (Å²) in [5.41, 5.74) is 15.7. The van der Waals surface area contributed by atoms with Crippen LogP contribution in [0.3, 0.4) is 0 Å². The maximum absolute atomic E-state index is 7.02. The Morgan fingerprint density at radius 3 is 1.75 bits per heavy atom. The quantitative estimate of drug-likeness (QED) is 0.263. The minimum Gasteiger partial charge on any atom is -0.323 e. The van der Waals surface area contributed by atoms with Gasteiger partial charge in [-0.2, -0.15) is 0 Å². The Labute approximate surface area is 48.5 Å². The molecule has 48 valence electrons. The molecular formula is C4H12N4. The van der Waals surface area contributed by atoms with Crippen molar-refractivity contribution >= 4 is 5.71 Å². The number of hydrogen-bond acceptors (Lipinski definition) is 4. The van der Waals surface area contributed by atoms with Gasteiger partial charge in [0.2, 0.25) is 0 Å². The third-order valence-corrected chi connectivity index (χ3v) is 0.850. The summed E-state index contributed by atoms with van der Waals surface area (Å²) in [7, 11) is 0. The van der Waals surface area contributed by atoms with Crippen LogP contribution in [0.5, 0.6) is 0 Å². The van der Waals surface area contributed by atoms with E-state index in [4.69, 9.17) is 22.6 Å². The Bertz CT molecular complexity index is 76.0. The van der Waals surface area contributed by atoms with Gasteiger partial charge >= 0.3 is 0 Å². The average Bonchev–Trinajstić information content (AvgIpc) is 1.64. The Morgan fingerprint density at radius 2 is 1.75 bits per heavy atom. The first-order chi connectivity index (χ1) is 3.55. The zero-order valence-corrected chi connectivity index (χ0v) is 4.89. The molecule has 4 heteroatoms. The van der Waals surface area contributed by atoms with E-state index in [1.165, 1.54) is 0 Å². The predicted molar refractivity (Wildman–Crippen MR) is 33.5 cm³/mol. The fourth-order valence-corrected chi connectivity index (χ4v) is 0.304. The van der Waals surface area contributed by atoms with E-state index in [0.717, 1.165) is 0 Å². The molecule has 4 nitrogen and oxygen atoms in total. The van der Waals surface area contributed by atoms with Crippen LogP contribution < -0.4 is 17.2 Å². The van der Waals surface area contributed by atoms with Gasteiger partial charge in [0.1, 0.15) is 0 Å². The molecule has 0 aliphatic rings. The molecule has 8 heavy (non-hydrogen) atoms. The predicted octanol–water partition coefficient (Wildman–Crippen LogP) is -1.40. The van der Waals surface area contributed by atoms with Gasteiger partial charge in [-0.25, -0.2) is 0 Å². The van der Waals surface area contributed by atoms with E-state index in [0.29, 0.717) is 0 Å². The molecule has 0 bridgehead atoms. The van der Waals surface area contributed by atoms with Gasteiger partial charge in [0.05, 0.1) is 11.9 Å². The van der Waals surface area contributed by atoms with E-state index in [1.807, 2.05) is 0 Å². The molecule has 1 atom stereocenters. The van der Waals surface area contributed by atoms with Crippen molar-refractivity contribution in [2.45, 2.75) is 19.1 Å². The SMILES string of the molecule is CC(N)C(=N)C(N)N. The second-order valence-electron chi connectivity index (χ2n) is 1.77. The number of rotatable bonds is 2. The zero-order chi connectivity index (χ0) is 6.73. The van der Waals surface area contributed by atoms with Gasteiger partial charge in [-0.05, 0) is 6.92 Å². The Kier molecular flexibility index (Phi) is 2.60. The van der Waals surface area contributed by atoms with Gasteiger partial charge < -0.3 is 22.6 Å². The van der Waals surface area contributed by atoms with Gasteiger partial charge in [-0.3, -0.25) is 0 Å². The van der Waals surface area contributed by atoms with Crippen molar-refractivity contribution in [3.05, 3.63) is 0 Å². The smallest absolute Gasteiger partial charge is 0.0928 e. The largest absolute Gasteiger partial charge is 0.323 e. The standard InChI is InChI=1S/C4H12N4/c1-2(5)3(6)4(7)8/h2,4,6H,5,7-8H2,1H3. The van der Waals surface area contributed by atoms with Crippen molar-refractivity contribution in [3.63, 3.8) is 0 Å². The number of nitrogens with one attached hydrogen (secondary N) is 1. The van der Waals surface area contributed by atoms with E-state index >= 15 is 0 Å². The lowest BCUT2D eigenvalue weighted by molar-refractivity contribution is 0.831. The highest BCUT2D eigenvalue weighted by Gasteiger charge is 2.06. The van der Waals surface area contributed by atoms with Crippen LogP contribution in [0.4, 0.5) is 0 Å². The fraction of sp³-hybridized carbons (Fsp3) is 0.750. The lowest BCUT2D eigenvalue weighted by atomic mass is 10.2. The second kappa shape index (κ2) is 2.76. The van der Waals surface area contributed by atoms with Gasteiger partial charge in [0.15, 0.2) is 0 Å². The van der Waals surface area contributed by atoms with Crippen molar-refractivity contribution in [1.82, 2.24) is 0 Å². The summed E-state index contributed by atoms with van der Waals surface area (Å²) in [6.07, 6.45) is -0.699. The Hall–Kier alpha value is -0.450. The third kappa shape index (κ3) is 2.02. The van der Waals surface area contributed by atoms with Crippen molar-refractivity contribution in [3.8, 4) is 0 Å². The summed E-state index contributed by atoms with van der Waals surface area (Å²) >= 11 is 0. The van der Waals surface area contributed by atoms with Crippen LogP contribution in [0.25, 0.3) is 0 Å². The molecule has 1 unspecified atom stereocenters. The van der Waals surface area contributed by atoms with Crippen molar-refractivity contribution in [1.29, 1.82) is 5.41 Å². The highest BCUT2D eigenvalue weighted by atomic mass is 14.9. The first kappa shape index (κ1) is 7.55. The van der Waals surface area contributed by atoms with Crippen molar-refractivity contribution in [2.75, 3.05) is 0 Å². The van der Waals surface area contributed by atoms with E-state index in [9.17, 15) is 0 Å². The Morgan fingerprint density at radius 1 is 1.38 bits per heavy atom. The number of hydrogen-bond donors (Lipinski definition) is 4. The highest BCUT2D eigenvalue weighted by Crippen LogP contribution is 1.79. The molecule has 0 heterocycles. The molecule has 0 spiro atoms. The van der Waals surface area contributed by atoms with Crippen molar-refractivity contribution in [2.24, 2.45) is 17.2 Å². The molecule has 0 amide bonds. The monoisotopic (exact) mass is 116 g/mol. The van der Waals surface area contributed by atoms with Crippen LogP contribution in [-0.4, -0.2) is 17.9 Å². The maximum atomic E-state index is 7.02.